The van der Waals surface area contributed by atoms with Crippen LogP contribution in [0.5, 0.6) is 0 Å². The third-order valence-corrected chi connectivity index (χ3v) is 6.06. The second-order valence-electron chi connectivity index (χ2n) is 7.84. The Balaban J connectivity index is 1.78. The van der Waals surface area contributed by atoms with Crippen molar-refractivity contribution >= 4 is 22.6 Å². The van der Waals surface area contributed by atoms with E-state index in [1.807, 2.05) is 6.92 Å². The number of anilines is 1. The van der Waals surface area contributed by atoms with Crippen molar-refractivity contribution < 1.29 is 18.7 Å². The fraction of sp³-hybridized carbons (Fsp3) is 0.474. The van der Waals surface area contributed by atoms with Gasteiger partial charge in [-0.3, -0.25) is 4.79 Å². The molecule has 1 saturated carbocycles. The fourth-order valence-corrected chi connectivity index (χ4v) is 4.69. The van der Waals surface area contributed by atoms with E-state index in [1.165, 1.54) is 10.8 Å². The predicted molar refractivity (Wildman–Crippen MR) is 95.5 cm³/mol. The molecule has 5 rings (SSSR count). The first-order valence-electron chi connectivity index (χ1n) is 9.19. The maximum absolute atomic E-state index is 15.6. The highest BCUT2D eigenvalue weighted by Gasteiger charge is 2.44. The van der Waals surface area contributed by atoms with Crippen molar-refractivity contribution in [2.24, 2.45) is 0 Å². The van der Waals surface area contributed by atoms with Crippen molar-refractivity contribution in [2.75, 3.05) is 11.4 Å². The molecule has 2 N–H and O–H groups in total. The van der Waals surface area contributed by atoms with Crippen LogP contribution in [0.1, 0.15) is 42.6 Å². The Morgan fingerprint density at radius 3 is 2.67 bits per heavy atom. The van der Waals surface area contributed by atoms with E-state index in [0.717, 1.165) is 25.3 Å². The lowest BCUT2D eigenvalue weighted by atomic mass is 10.1. The number of carboxylic acids is 1. The van der Waals surface area contributed by atoms with Crippen LogP contribution in [-0.4, -0.2) is 40.3 Å². The van der Waals surface area contributed by atoms with Crippen molar-refractivity contribution in [3.63, 3.8) is 0 Å². The number of hydrogen-bond donors (Lipinski definition) is 2. The largest absolute Gasteiger partial charge is 0.477 e. The number of piperazine rings is 1. The molecule has 2 saturated heterocycles. The van der Waals surface area contributed by atoms with Crippen molar-refractivity contribution in [1.29, 1.82) is 0 Å². The molecule has 2 aromatic rings. The van der Waals surface area contributed by atoms with Crippen LogP contribution in [0.3, 0.4) is 0 Å². The van der Waals surface area contributed by atoms with Crippen molar-refractivity contribution in [2.45, 2.75) is 50.4 Å². The summed E-state index contributed by atoms with van der Waals surface area (Å²) in [5.74, 6) is -2.98. The van der Waals surface area contributed by atoms with Gasteiger partial charge in [0.2, 0.25) is 5.43 Å². The van der Waals surface area contributed by atoms with Gasteiger partial charge in [-0.2, -0.15) is 0 Å². The summed E-state index contributed by atoms with van der Waals surface area (Å²) >= 11 is 0. The Labute approximate surface area is 153 Å². The zero-order valence-corrected chi connectivity index (χ0v) is 14.7. The molecule has 2 aliphatic heterocycles. The normalized spacial score (nSPS) is 26.9. The summed E-state index contributed by atoms with van der Waals surface area (Å²) in [4.78, 5) is 25.7. The van der Waals surface area contributed by atoms with E-state index in [2.05, 4.69) is 5.32 Å². The Morgan fingerprint density at radius 1 is 1.33 bits per heavy atom. The number of benzene rings is 1. The van der Waals surface area contributed by atoms with E-state index in [-0.39, 0.29) is 40.8 Å². The van der Waals surface area contributed by atoms with Crippen LogP contribution >= 0.6 is 0 Å². The first-order chi connectivity index (χ1) is 12.9. The average molecular weight is 375 g/mol. The van der Waals surface area contributed by atoms with E-state index < -0.39 is 28.6 Å². The van der Waals surface area contributed by atoms with Crippen molar-refractivity contribution in [3.8, 4) is 0 Å². The molecule has 3 fully saturated rings. The lowest BCUT2D eigenvalue weighted by Gasteiger charge is -2.34. The first-order valence-corrected chi connectivity index (χ1v) is 9.19. The summed E-state index contributed by atoms with van der Waals surface area (Å²) in [6, 6.07) is 1.26. The summed E-state index contributed by atoms with van der Waals surface area (Å²) in [6.07, 6.45) is 3.58. The smallest absolute Gasteiger partial charge is 0.341 e. The molecule has 3 aliphatic rings. The van der Waals surface area contributed by atoms with Crippen molar-refractivity contribution in [3.05, 3.63) is 39.7 Å². The molecule has 3 unspecified atom stereocenters. The van der Waals surface area contributed by atoms with Gasteiger partial charge < -0.3 is 19.9 Å². The Hall–Kier alpha value is -2.48. The quantitative estimate of drug-likeness (QED) is 0.861. The summed E-state index contributed by atoms with van der Waals surface area (Å²) < 4.78 is 32.0. The van der Waals surface area contributed by atoms with Gasteiger partial charge in [0, 0.05) is 36.9 Å². The molecule has 142 valence electrons. The third-order valence-electron chi connectivity index (χ3n) is 6.06. The SMILES string of the molecule is CC1NC2CC1N(c1c(F)cc3c(=O)c(C(=O)O)cn(C4CC4)c3c1F)C2. The highest BCUT2D eigenvalue weighted by molar-refractivity contribution is 5.94. The molecule has 8 heteroatoms. The third kappa shape index (κ3) is 2.32. The second-order valence-corrected chi connectivity index (χ2v) is 7.84. The number of hydrogen-bond acceptors (Lipinski definition) is 4. The van der Waals surface area contributed by atoms with Crippen LogP contribution in [0.4, 0.5) is 14.5 Å². The highest BCUT2D eigenvalue weighted by Crippen LogP contribution is 2.41. The number of aromatic carboxylic acids is 1. The van der Waals surface area contributed by atoms with Gasteiger partial charge in [-0.15, -0.1) is 0 Å². The van der Waals surface area contributed by atoms with Crippen LogP contribution in [0, 0.1) is 11.6 Å². The lowest BCUT2D eigenvalue weighted by molar-refractivity contribution is 0.0695. The predicted octanol–water partition coefficient (Wildman–Crippen LogP) is 2.25. The van der Waals surface area contributed by atoms with E-state index in [1.54, 1.807) is 4.90 Å². The lowest BCUT2D eigenvalue weighted by Crippen LogP contribution is -2.50. The van der Waals surface area contributed by atoms with Gasteiger partial charge in [-0.1, -0.05) is 0 Å². The van der Waals surface area contributed by atoms with Crippen molar-refractivity contribution in [1.82, 2.24) is 9.88 Å². The summed E-state index contributed by atoms with van der Waals surface area (Å²) in [6.45, 7) is 2.50. The molecular formula is C19H19F2N3O3. The van der Waals surface area contributed by atoms with Crippen LogP contribution in [0.15, 0.2) is 17.1 Å². The van der Waals surface area contributed by atoms with Crippen LogP contribution in [0.25, 0.3) is 10.9 Å². The van der Waals surface area contributed by atoms with Crippen LogP contribution in [-0.2, 0) is 0 Å². The number of pyridine rings is 1. The Kier molecular flexibility index (Phi) is 3.40. The molecule has 1 aromatic heterocycles. The first kappa shape index (κ1) is 16.7. The molecule has 2 bridgehead atoms. The molecule has 3 atom stereocenters. The molecular weight excluding hydrogens is 356 g/mol. The summed E-state index contributed by atoms with van der Waals surface area (Å²) in [5, 5.41) is 12.5. The molecule has 1 aromatic carbocycles. The van der Waals surface area contributed by atoms with Gasteiger partial charge in [-0.05, 0) is 32.3 Å². The maximum atomic E-state index is 15.6. The molecule has 0 spiro atoms. The Morgan fingerprint density at radius 2 is 2.07 bits per heavy atom. The minimum atomic E-state index is -1.39. The number of fused-ring (bicyclic) bond motifs is 3. The minimum absolute atomic E-state index is 0.00385. The van der Waals surface area contributed by atoms with Gasteiger partial charge in [0.05, 0.1) is 10.9 Å². The standard InChI is InChI=1S/C19H19F2N3O3/c1-8-14-4-9(22-8)6-24(14)17-13(20)5-11-16(15(17)21)23(10-2-3-10)7-12(18(11)25)19(26)27/h5,7-10,14,22H,2-4,6H2,1H3,(H,26,27). The monoisotopic (exact) mass is 375 g/mol. The van der Waals surface area contributed by atoms with E-state index >= 15 is 4.39 Å². The van der Waals surface area contributed by atoms with E-state index in [0.29, 0.717) is 6.54 Å². The molecule has 6 nitrogen and oxygen atoms in total. The van der Waals surface area contributed by atoms with Gasteiger partial charge >= 0.3 is 5.97 Å². The molecule has 27 heavy (non-hydrogen) atoms. The zero-order chi connectivity index (χ0) is 19.0. The summed E-state index contributed by atoms with van der Waals surface area (Å²) in [7, 11) is 0. The number of carboxylic acid groups (broad SMARTS) is 1. The number of nitrogens with one attached hydrogen (secondary N) is 1. The van der Waals surface area contributed by atoms with E-state index in [9.17, 15) is 19.1 Å². The van der Waals surface area contributed by atoms with E-state index in [4.69, 9.17) is 0 Å². The number of aromatic nitrogens is 1. The zero-order valence-electron chi connectivity index (χ0n) is 14.7. The summed E-state index contributed by atoms with van der Waals surface area (Å²) in [5.41, 5.74) is -1.41. The molecule has 0 radical (unpaired) electrons. The van der Waals surface area contributed by atoms with Gasteiger partial charge in [0.25, 0.3) is 0 Å². The number of halogens is 2. The fourth-order valence-electron chi connectivity index (χ4n) is 4.69. The van der Waals surface area contributed by atoms with Gasteiger partial charge in [0.1, 0.15) is 17.1 Å². The molecule has 3 heterocycles. The molecule has 1 aliphatic carbocycles. The molecule has 0 amide bonds. The Bertz CT molecular complexity index is 1050. The van der Waals surface area contributed by atoms with Gasteiger partial charge in [0.15, 0.2) is 5.82 Å². The highest BCUT2D eigenvalue weighted by atomic mass is 19.1. The average Bonchev–Trinajstić information content (AvgIpc) is 3.28. The van der Waals surface area contributed by atoms with Gasteiger partial charge in [-0.25, -0.2) is 13.6 Å². The topological polar surface area (TPSA) is 74.6 Å². The number of carbonyl (C=O) groups is 1. The minimum Gasteiger partial charge on any atom is -0.477 e. The van der Waals surface area contributed by atoms with Crippen LogP contribution in [0.2, 0.25) is 0 Å². The maximum Gasteiger partial charge on any atom is 0.341 e. The second kappa shape index (κ2) is 5.51. The van der Waals surface area contributed by atoms with Crippen LogP contribution < -0.4 is 15.6 Å². The number of rotatable bonds is 3. The number of nitrogens with zero attached hydrogens (tertiary/aromatic N) is 2.